The molecule has 1 amide bonds. The van der Waals surface area contributed by atoms with E-state index in [0.29, 0.717) is 0 Å². The summed E-state index contributed by atoms with van der Waals surface area (Å²) < 4.78 is 18.8. The van der Waals surface area contributed by atoms with E-state index in [0.717, 1.165) is 32.1 Å². The smallest absolute Gasteiger partial charge is 0.445 e. The van der Waals surface area contributed by atoms with Gasteiger partial charge in [0.15, 0.2) is 0 Å². The van der Waals surface area contributed by atoms with Gasteiger partial charge in [0.05, 0.1) is 22.4 Å². The van der Waals surface area contributed by atoms with Crippen LogP contribution in [0.5, 0.6) is 0 Å². The molecule has 1 aliphatic rings. The van der Waals surface area contributed by atoms with Crippen molar-refractivity contribution in [1.82, 2.24) is 15.5 Å². The number of ether oxygens (including phenoxy) is 1. The number of nitrogens with zero attached hydrogens (tertiary/aromatic N) is 1. The summed E-state index contributed by atoms with van der Waals surface area (Å²) in [4.78, 5) is 12.4. The van der Waals surface area contributed by atoms with Gasteiger partial charge in [0.1, 0.15) is 6.61 Å². The normalized spacial score (nSPS) is 17.4. The largest absolute Gasteiger partial charge is 0.492 e. The van der Waals surface area contributed by atoms with Crippen molar-refractivity contribution in [2.45, 2.75) is 45.5 Å². The lowest BCUT2D eigenvalue weighted by Gasteiger charge is -2.32. The fourth-order valence-electron chi connectivity index (χ4n) is 3.45. The number of aromatic nitrogens is 2. The van der Waals surface area contributed by atoms with E-state index >= 15 is 0 Å². The summed E-state index contributed by atoms with van der Waals surface area (Å²) in [5.74, 6) is 0. The highest BCUT2D eigenvalue weighted by atomic mass is 79.9. The third-order valence-corrected chi connectivity index (χ3v) is 6.58. The van der Waals surface area contributed by atoms with E-state index in [1.807, 2.05) is 82.3 Å². The van der Waals surface area contributed by atoms with Gasteiger partial charge in [0.2, 0.25) is 0 Å². The number of alkyl carbamates (subject to hydrolysis) is 1. The molecular formula is C24H27BBrN3O4. The first kappa shape index (κ1) is 23.5. The average molecular weight is 512 g/mol. The lowest BCUT2D eigenvalue weighted by molar-refractivity contribution is 0.00578. The van der Waals surface area contributed by atoms with Crippen LogP contribution in [0.25, 0.3) is 17.0 Å². The van der Waals surface area contributed by atoms with E-state index in [1.165, 1.54) is 0 Å². The van der Waals surface area contributed by atoms with Gasteiger partial charge in [-0.1, -0.05) is 46.3 Å². The van der Waals surface area contributed by atoms with E-state index in [4.69, 9.17) is 14.0 Å². The molecule has 0 atom stereocenters. The summed E-state index contributed by atoms with van der Waals surface area (Å²) >= 11 is 3.47. The van der Waals surface area contributed by atoms with E-state index in [1.54, 1.807) is 0 Å². The number of amides is 1. The first-order valence-corrected chi connectivity index (χ1v) is 11.6. The van der Waals surface area contributed by atoms with Crippen LogP contribution in [0.1, 0.15) is 39.0 Å². The van der Waals surface area contributed by atoms with Crippen LogP contribution >= 0.6 is 15.9 Å². The molecule has 0 bridgehead atoms. The Morgan fingerprint density at radius 2 is 1.85 bits per heavy atom. The second-order valence-corrected chi connectivity index (χ2v) is 9.94. The minimum absolute atomic E-state index is 0.196. The standard InChI is InChI=1S/C24H27BBrN3O4/c1-23(2)24(3,4)33-25(32-23)17(12-20-19-11-10-18(26)13-21(19)29-28-20)14-27-22(30)31-15-16-8-6-5-7-9-16/h5-13H,14-15H2,1-4H3,(H,27,30)(H,28,29). The SMILES string of the molecule is CC1(C)OB(C(=Cc2[nH]nc3cc(Br)ccc23)CNC(=O)OCc2ccccc2)OC1(C)C. The number of fused-ring (bicyclic) bond motifs is 1. The number of hydrogen-bond acceptors (Lipinski definition) is 5. The summed E-state index contributed by atoms with van der Waals surface area (Å²) in [5.41, 5.74) is 2.29. The molecular weight excluding hydrogens is 485 g/mol. The second-order valence-electron chi connectivity index (χ2n) is 9.02. The number of benzene rings is 2. The molecule has 1 fully saturated rings. The number of nitrogens with one attached hydrogen (secondary N) is 2. The van der Waals surface area contributed by atoms with E-state index < -0.39 is 24.4 Å². The number of carbonyl (C=O) groups excluding carboxylic acids is 1. The van der Waals surface area contributed by atoms with Crippen LogP contribution in [0, 0.1) is 0 Å². The molecule has 9 heteroatoms. The van der Waals surface area contributed by atoms with Gasteiger partial charge in [-0.25, -0.2) is 4.79 Å². The fraction of sp³-hybridized carbons (Fsp3) is 0.333. The number of H-pyrrole nitrogens is 1. The Balaban J connectivity index is 1.54. The Labute approximate surface area is 202 Å². The molecule has 2 aromatic carbocycles. The lowest BCUT2D eigenvalue weighted by atomic mass is 9.77. The maximum atomic E-state index is 12.4. The van der Waals surface area contributed by atoms with Crippen LogP contribution in [-0.2, 0) is 20.7 Å². The Morgan fingerprint density at radius 3 is 2.55 bits per heavy atom. The summed E-state index contributed by atoms with van der Waals surface area (Å²) in [6.45, 7) is 8.37. The maximum Gasteiger partial charge on any atom is 0.492 e. The molecule has 1 saturated heterocycles. The quantitative estimate of drug-likeness (QED) is 0.440. The van der Waals surface area contributed by atoms with E-state index in [9.17, 15) is 4.79 Å². The van der Waals surface area contributed by atoms with Crippen LogP contribution in [0.15, 0.2) is 58.5 Å². The maximum absolute atomic E-state index is 12.4. The monoisotopic (exact) mass is 511 g/mol. The summed E-state index contributed by atoms with van der Waals surface area (Å²) in [5, 5.41) is 11.2. The van der Waals surface area contributed by atoms with Gasteiger partial charge >= 0.3 is 13.2 Å². The highest BCUT2D eigenvalue weighted by Crippen LogP contribution is 2.39. The zero-order valence-corrected chi connectivity index (χ0v) is 20.7. The van der Waals surface area contributed by atoms with Crippen LogP contribution in [0.2, 0.25) is 0 Å². The lowest BCUT2D eigenvalue weighted by Crippen LogP contribution is -2.41. The van der Waals surface area contributed by atoms with Crippen molar-refractivity contribution in [3.8, 4) is 0 Å². The third-order valence-electron chi connectivity index (χ3n) is 6.08. The molecule has 172 valence electrons. The first-order chi connectivity index (χ1) is 15.6. The zero-order chi connectivity index (χ0) is 23.6. The summed E-state index contributed by atoms with van der Waals surface area (Å²) in [6, 6.07) is 15.4. The molecule has 0 aliphatic carbocycles. The molecule has 0 unspecified atom stereocenters. The van der Waals surface area contributed by atoms with Crippen molar-refractivity contribution in [3.05, 3.63) is 69.7 Å². The number of aromatic amines is 1. The van der Waals surface area contributed by atoms with Crippen molar-refractivity contribution >= 4 is 46.1 Å². The molecule has 3 aromatic rings. The molecule has 4 rings (SSSR count). The van der Waals surface area contributed by atoms with Crippen LogP contribution in [0.4, 0.5) is 4.79 Å². The molecule has 0 saturated carbocycles. The topological polar surface area (TPSA) is 85.5 Å². The minimum Gasteiger partial charge on any atom is -0.445 e. The predicted molar refractivity (Wildman–Crippen MR) is 132 cm³/mol. The van der Waals surface area contributed by atoms with E-state index in [2.05, 4.69) is 31.4 Å². The van der Waals surface area contributed by atoms with Crippen molar-refractivity contribution in [3.63, 3.8) is 0 Å². The number of halogens is 1. The Kier molecular flexibility index (Phi) is 6.65. The fourth-order valence-corrected chi connectivity index (χ4v) is 3.80. The molecule has 0 radical (unpaired) electrons. The number of carbonyl (C=O) groups is 1. The highest BCUT2D eigenvalue weighted by molar-refractivity contribution is 9.10. The molecule has 1 aromatic heterocycles. The van der Waals surface area contributed by atoms with Gasteiger partial charge in [-0.15, -0.1) is 0 Å². The zero-order valence-electron chi connectivity index (χ0n) is 19.1. The van der Waals surface area contributed by atoms with Gasteiger partial charge in [-0.05, 0) is 63.0 Å². The van der Waals surface area contributed by atoms with Gasteiger partial charge < -0.3 is 19.4 Å². The first-order valence-electron chi connectivity index (χ1n) is 10.8. The van der Waals surface area contributed by atoms with Crippen molar-refractivity contribution in [2.24, 2.45) is 0 Å². The van der Waals surface area contributed by atoms with Crippen LogP contribution < -0.4 is 5.32 Å². The number of rotatable bonds is 6. The van der Waals surface area contributed by atoms with Crippen molar-refractivity contribution < 1.29 is 18.8 Å². The number of hydrogen-bond donors (Lipinski definition) is 2. The van der Waals surface area contributed by atoms with Crippen molar-refractivity contribution in [1.29, 1.82) is 0 Å². The van der Waals surface area contributed by atoms with E-state index in [-0.39, 0.29) is 13.2 Å². The second kappa shape index (κ2) is 9.33. The van der Waals surface area contributed by atoms with Gasteiger partial charge in [-0.2, -0.15) is 5.10 Å². The molecule has 0 spiro atoms. The van der Waals surface area contributed by atoms with Gasteiger partial charge in [-0.3, -0.25) is 5.10 Å². The Bertz CT molecular complexity index is 1160. The summed E-state index contributed by atoms with van der Waals surface area (Å²) in [7, 11) is -0.627. The molecule has 1 aliphatic heterocycles. The van der Waals surface area contributed by atoms with Gasteiger partial charge in [0, 0.05) is 16.4 Å². The minimum atomic E-state index is -0.627. The third kappa shape index (κ3) is 5.32. The van der Waals surface area contributed by atoms with Crippen molar-refractivity contribution in [2.75, 3.05) is 6.54 Å². The predicted octanol–water partition coefficient (Wildman–Crippen LogP) is 5.27. The molecule has 7 nitrogen and oxygen atoms in total. The van der Waals surface area contributed by atoms with Gasteiger partial charge in [0.25, 0.3) is 0 Å². The summed E-state index contributed by atoms with van der Waals surface area (Å²) in [6.07, 6.45) is 1.41. The molecule has 2 N–H and O–H groups in total. The van der Waals surface area contributed by atoms with Crippen LogP contribution in [0.3, 0.4) is 0 Å². The highest BCUT2D eigenvalue weighted by Gasteiger charge is 2.52. The average Bonchev–Trinajstić information content (AvgIpc) is 3.26. The Morgan fingerprint density at radius 1 is 1.15 bits per heavy atom. The Hall–Kier alpha value is -2.62. The molecule has 2 heterocycles. The van der Waals surface area contributed by atoms with Crippen LogP contribution in [-0.4, -0.2) is 41.2 Å². The molecule has 33 heavy (non-hydrogen) atoms.